The van der Waals surface area contributed by atoms with Crippen molar-refractivity contribution in [2.75, 3.05) is 0 Å². The minimum Gasteiger partial charge on any atom is -0.345 e. The Bertz CT molecular complexity index is 1600. The smallest absolute Gasteiger partial charge is 0.345 e. The summed E-state index contributed by atoms with van der Waals surface area (Å²) in [5, 5.41) is 13.8. The van der Waals surface area contributed by atoms with Gasteiger partial charge in [0, 0.05) is 21.5 Å². The second kappa shape index (κ2) is 11.0. The van der Waals surface area contributed by atoms with E-state index in [1.807, 2.05) is 60.7 Å². The largest absolute Gasteiger partial charge is 0.416 e. The first-order chi connectivity index (χ1) is 18.3. The highest BCUT2D eigenvalue weighted by Gasteiger charge is 2.30. The summed E-state index contributed by atoms with van der Waals surface area (Å²) in [5.41, 5.74) is 1.14. The number of fused-ring (bicyclic) bond motifs is 1. The maximum atomic E-state index is 13.1. The lowest BCUT2D eigenvalue weighted by Gasteiger charge is -2.12. The molecule has 10 heteroatoms. The number of hydrogen-bond acceptors (Lipinski definition) is 4. The van der Waals surface area contributed by atoms with Crippen LogP contribution in [0.4, 0.5) is 13.2 Å². The van der Waals surface area contributed by atoms with Gasteiger partial charge in [-0.15, -0.1) is 10.2 Å². The molecular weight excluding hydrogens is 577 g/mol. The lowest BCUT2D eigenvalue weighted by molar-refractivity contribution is -0.137. The number of benzene rings is 4. The average Bonchev–Trinajstić information content (AvgIpc) is 3.33. The van der Waals surface area contributed by atoms with Crippen LogP contribution in [-0.4, -0.2) is 20.7 Å². The van der Waals surface area contributed by atoms with Gasteiger partial charge in [0.15, 0.2) is 11.0 Å². The number of carbonyl (C=O) groups is 1. The van der Waals surface area contributed by atoms with Crippen molar-refractivity contribution >= 4 is 44.4 Å². The van der Waals surface area contributed by atoms with Gasteiger partial charge in [0.25, 0.3) is 5.91 Å². The number of carbonyl (C=O) groups excluding carboxylic acids is 1. The summed E-state index contributed by atoms with van der Waals surface area (Å²) in [7, 11) is 0. The summed E-state index contributed by atoms with van der Waals surface area (Å²) in [5.74, 6) is 0.513. The zero-order chi connectivity index (χ0) is 26.7. The van der Waals surface area contributed by atoms with E-state index in [-0.39, 0.29) is 18.2 Å². The van der Waals surface area contributed by atoms with E-state index in [1.165, 1.54) is 17.8 Å². The van der Waals surface area contributed by atoms with Crippen LogP contribution in [-0.2, 0) is 18.5 Å². The van der Waals surface area contributed by atoms with Gasteiger partial charge in [-0.25, -0.2) is 0 Å². The number of halogens is 4. The van der Waals surface area contributed by atoms with Crippen molar-refractivity contribution in [3.63, 3.8) is 0 Å². The molecule has 38 heavy (non-hydrogen) atoms. The van der Waals surface area contributed by atoms with E-state index in [0.29, 0.717) is 22.1 Å². The molecule has 5 aromatic rings. The molecule has 0 fully saturated rings. The molecule has 1 heterocycles. The first-order valence-corrected chi connectivity index (χ1v) is 13.3. The highest BCUT2D eigenvalue weighted by Crippen LogP contribution is 2.32. The van der Waals surface area contributed by atoms with Crippen molar-refractivity contribution in [2.45, 2.75) is 23.6 Å². The Morgan fingerprint density at radius 3 is 2.45 bits per heavy atom. The molecule has 4 aromatic carbocycles. The number of thioether (sulfide) groups is 1. The number of nitrogens with one attached hydrogen (secondary N) is 1. The first kappa shape index (κ1) is 26.0. The first-order valence-electron chi connectivity index (χ1n) is 11.5. The van der Waals surface area contributed by atoms with Gasteiger partial charge in [0.2, 0.25) is 0 Å². The molecule has 1 amide bonds. The molecular formula is C28H20BrF3N4OS. The minimum absolute atomic E-state index is 0.106. The Hall–Kier alpha value is -3.63. The van der Waals surface area contributed by atoms with E-state index in [2.05, 4.69) is 31.4 Å². The van der Waals surface area contributed by atoms with Crippen LogP contribution < -0.4 is 5.32 Å². The Balaban J connectivity index is 1.40. The highest BCUT2D eigenvalue weighted by atomic mass is 79.9. The topological polar surface area (TPSA) is 59.8 Å². The lowest BCUT2D eigenvalue weighted by atomic mass is 10.0. The third-order valence-corrected chi connectivity index (χ3v) is 7.38. The van der Waals surface area contributed by atoms with Gasteiger partial charge in [0.1, 0.15) is 0 Å². The molecule has 0 aliphatic carbocycles. The molecule has 0 atom stereocenters. The minimum atomic E-state index is -4.41. The van der Waals surface area contributed by atoms with Gasteiger partial charge in [-0.05, 0) is 52.7 Å². The van der Waals surface area contributed by atoms with E-state index in [9.17, 15) is 18.0 Å². The highest BCUT2D eigenvalue weighted by molar-refractivity contribution is 9.10. The van der Waals surface area contributed by atoms with E-state index in [0.717, 1.165) is 33.1 Å². The Kier molecular flexibility index (Phi) is 7.53. The van der Waals surface area contributed by atoms with Crippen molar-refractivity contribution in [2.24, 2.45) is 0 Å². The SMILES string of the molecule is O=C(NCc1nnc(SCc2cccc(C(F)(F)F)c2)n1-c1ccc(Br)cc1)c1cccc2ccccc12. The summed E-state index contributed by atoms with van der Waals surface area (Å²) in [4.78, 5) is 13.1. The monoisotopic (exact) mass is 596 g/mol. The molecule has 0 aliphatic heterocycles. The number of nitrogens with zero attached hydrogens (tertiary/aromatic N) is 3. The van der Waals surface area contributed by atoms with Gasteiger partial charge in [-0.2, -0.15) is 13.2 Å². The Morgan fingerprint density at radius 1 is 0.921 bits per heavy atom. The van der Waals surface area contributed by atoms with Crippen LogP contribution in [0.2, 0.25) is 0 Å². The summed E-state index contributed by atoms with van der Waals surface area (Å²) in [6.07, 6.45) is -4.41. The molecule has 1 aromatic heterocycles. The van der Waals surface area contributed by atoms with E-state index < -0.39 is 11.7 Å². The predicted molar refractivity (Wildman–Crippen MR) is 145 cm³/mol. The molecule has 0 spiro atoms. The van der Waals surface area contributed by atoms with Crippen LogP contribution in [0.5, 0.6) is 0 Å². The van der Waals surface area contributed by atoms with Crippen LogP contribution in [0.15, 0.2) is 101 Å². The molecule has 0 radical (unpaired) electrons. The fraction of sp³-hybridized carbons (Fsp3) is 0.107. The summed E-state index contributed by atoms with van der Waals surface area (Å²) in [6, 6.07) is 25.9. The maximum absolute atomic E-state index is 13.1. The van der Waals surface area contributed by atoms with Crippen molar-refractivity contribution in [1.82, 2.24) is 20.1 Å². The number of hydrogen-bond donors (Lipinski definition) is 1. The fourth-order valence-electron chi connectivity index (χ4n) is 4.02. The van der Waals surface area contributed by atoms with E-state index in [4.69, 9.17) is 0 Å². The third kappa shape index (κ3) is 5.76. The van der Waals surface area contributed by atoms with Gasteiger partial charge >= 0.3 is 6.18 Å². The van der Waals surface area contributed by atoms with Crippen molar-refractivity contribution in [1.29, 1.82) is 0 Å². The molecule has 0 saturated carbocycles. The molecule has 5 nitrogen and oxygen atoms in total. The molecule has 0 saturated heterocycles. The zero-order valence-corrected chi connectivity index (χ0v) is 22.1. The van der Waals surface area contributed by atoms with Crippen LogP contribution in [0, 0.1) is 0 Å². The number of amides is 1. The summed E-state index contributed by atoms with van der Waals surface area (Å²) in [6.45, 7) is 0.106. The Labute approximate surface area is 229 Å². The van der Waals surface area contributed by atoms with Crippen molar-refractivity contribution < 1.29 is 18.0 Å². The zero-order valence-electron chi connectivity index (χ0n) is 19.7. The summed E-state index contributed by atoms with van der Waals surface area (Å²) < 4.78 is 42.1. The van der Waals surface area contributed by atoms with E-state index >= 15 is 0 Å². The molecule has 0 unspecified atom stereocenters. The van der Waals surface area contributed by atoms with Crippen LogP contribution >= 0.6 is 27.7 Å². The maximum Gasteiger partial charge on any atom is 0.416 e. The lowest BCUT2D eigenvalue weighted by Crippen LogP contribution is -2.25. The molecule has 192 valence electrons. The predicted octanol–water partition coefficient (Wildman–Crippen LogP) is 7.42. The van der Waals surface area contributed by atoms with Gasteiger partial charge in [-0.3, -0.25) is 9.36 Å². The van der Waals surface area contributed by atoms with Crippen molar-refractivity contribution in [3.8, 4) is 5.69 Å². The van der Waals surface area contributed by atoms with Gasteiger partial charge in [0.05, 0.1) is 12.1 Å². The second-order valence-electron chi connectivity index (χ2n) is 8.41. The van der Waals surface area contributed by atoms with Crippen LogP contribution in [0.25, 0.3) is 16.5 Å². The third-order valence-electron chi connectivity index (χ3n) is 5.85. The molecule has 0 aliphatic rings. The van der Waals surface area contributed by atoms with Gasteiger partial charge in [-0.1, -0.05) is 82.3 Å². The molecule has 0 bridgehead atoms. The number of rotatable bonds is 7. The van der Waals surface area contributed by atoms with E-state index in [1.54, 1.807) is 16.7 Å². The molecule has 5 rings (SSSR count). The number of aromatic nitrogens is 3. The molecule has 1 N–H and O–H groups in total. The number of alkyl halides is 3. The van der Waals surface area contributed by atoms with Crippen LogP contribution in [0.3, 0.4) is 0 Å². The van der Waals surface area contributed by atoms with Crippen LogP contribution in [0.1, 0.15) is 27.3 Å². The average molecular weight is 597 g/mol. The van der Waals surface area contributed by atoms with Gasteiger partial charge < -0.3 is 5.32 Å². The quantitative estimate of drug-likeness (QED) is 0.199. The second-order valence-corrected chi connectivity index (χ2v) is 10.3. The fourth-order valence-corrected chi connectivity index (χ4v) is 5.20. The normalized spacial score (nSPS) is 11.6. The summed E-state index contributed by atoms with van der Waals surface area (Å²) >= 11 is 4.70. The van der Waals surface area contributed by atoms with Crippen molar-refractivity contribution in [3.05, 3.63) is 118 Å². The Morgan fingerprint density at radius 2 is 1.66 bits per heavy atom. The standard InChI is InChI=1S/C28H20BrF3N4OS/c29-21-11-13-22(14-12-21)36-25(16-33-26(37)24-10-4-7-19-6-1-2-9-23(19)24)34-35-27(36)38-17-18-5-3-8-20(15-18)28(30,31)32/h1-15H,16-17H2,(H,33,37).